The van der Waals surface area contributed by atoms with Crippen LogP contribution in [0.25, 0.3) is 11.0 Å². The second-order valence-corrected chi connectivity index (χ2v) is 4.12. The number of methoxy groups -OCH3 is 2. The Morgan fingerprint density at radius 3 is 2.44 bits per heavy atom. The zero-order valence-electron chi connectivity index (χ0n) is 9.37. The number of hydrogen-bond donors (Lipinski definition) is 1. The van der Waals surface area contributed by atoms with Crippen molar-refractivity contribution in [3.05, 3.63) is 18.0 Å². The van der Waals surface area contributed by atoms with E-state index in [-0.39, 0.29) is 5.38 Å². The lowest BCUT2D eigenvalue weighted by atomic mass is 10.3. The fourth-order valence-electron chi connectivity index (χ4n) is 1.54. The number of ether oxygens (including phenoxy) is 2. The Kier molecular flexibility index (Phi) is 2.92. The number of benzene rings is 1. The number of rotatable bonds is 3. The number of alkyl halides is 1. The maximum atomic E-state index is 5.97. The van der Waals surface area contributed by atoms with Crippen LogP contribution in [0.4, 0.5) is 0 Å². The van der Waals surface area contributed by atoms with Crippen LogP contribution in [-0.2, 0) is 0 Å². The number of hydrogen-bond acceptors (Lipinski definition) is 3. The standard InChI is InChI=1S/C11H13ClN2O2/c1-6(12)11-13-7-4-9(15-2)10(16-3)5-8(7)14-11/h4-6H,1-3H3,(H,13,14). The number of fused-ring (bicyclic) bond motifs is 1. The van der Waals surface area contributed by atoms with Gasteiger partial charge in [0.25, 0.3) is 0 Å². The molecule has 4 nitrogen and oxygen atoms in total. The van der Waals surface area contributed by atoms with E-state index >= 15 is 0 Å². The predicted molar refractivity (Wildman–Crippen MR) is 63.5 cm³/mol. The van der Waals surface area contributed by atoms with E-state index in [2.05, 4.69) is 9.97 Å². The fraction of sp³-hybridized carbons (Fsp3) is 0.364. The number of halogens is 1. The Labute approximate surface area is 98.5 Å². The van der Waals surface area contributed by atoms with Gasteiger partial charge in [-0.15, -0.1) is 11.6 Å². The second-order valence-electron chi connectivity index (χ2n) is 3.46. The van der Waals surface area contributed by atoms with Gasteiger partial charge in [0.1, 0.15) is 5.82 Å². The van der Waals surface area contributed by atoms with Crippen molar-refractivity contribution in [2.24, 2.45) is 0 Å². The summed E-state index contributed by atoms with van der Waals surface area (Å²) in [5.41, 5.74) is 1.71. The van der Waals surface area contributed by atoms with Gasteiger partial charge in [-0.25, -0.2) is 4.98 Å². The molecule has 0 spiro atoms. The van der Waals surface area contributed by atoms with Crippen molar-refractivity contribution < 1.29 is 9.47 Å². The molecular weight excluding hydrogens is 228 g/mol. The van der Waals surface area contributed by atoms with Gasteiger partial charge in [0.15, 0.2) is 11.5 Å². The highest BCUT2D eigenvalue weighted by Gasteiger charge is 2.11. The van der Waals surface area contributed by atoms with Crippen LogP contribution in [0, 0.1) is 0 Å². The highest BCUT2D eigenvalue weighted by Crippen LogP contribution is 2.32. The van der Waals surface area contributed by atoms with Gasteiger partial charge in [0, 0.05) is 12.1 Å². The fourth-order valence-corrected chi connectivity index (χ4v) is 1.65. The maximum Gasteiger partial charge on any atom is 0.163 e. The zero-order valence-corrected chi connectivity index (χ0v) is 10.1. The minimum atomic E-state index is -0.149. The van der Waals surface area contributed by atoms with Crippen molar-refractivity contribution in [1.29, 1.82) is 0 Å². The minimum absolute atomic E-state index is 0.149. The normalized spacial score (nSPS) is 12.8. The molecule has 1 N–H and O–H groups in total. The Balaban J connectivity index is 2.60. The third-order valence-corrected chi connectivity index (χ3v) is 2.59. The number of aromatic amines is 1. The summed E-state index contributed by atoms with van der Waals surface area (Å²) in [6, 6.07) is 3.68. The van der Waals surface area contributed by atoms with Crippen LogP contribution in [0.2, 0.25) is 0 Å². The Morgan fingerprint density at radius 2 is 1.88 bits per heavy atom. The molecule has 1 unspecified atom stereocenters. The van der Waals surface area contributed by atoms with E-state index in [9.17, 15) is 0 Å². The lowest BCUT2D eigenvalue weighted by Crippen LogP contribution is -1.89. The monoisotopic (exact) mass is 240 g/mol. The van der Waals surface area contributed by atoms with Gasteiger partial charge >= 0.3 is 0 Å². The van der Waals surface area contributed by atoms with E-state index in [4.69, 9.17) is 21.1 Å². The van der Waals surface area contributed by atoms with Gasteiger partial charge in [-0.2, -0.15) is 0 Å². The molecule has 86 valence electrons. The van der Waals surface area contributed by atoms with Crippen LogP contribution < -0.4 is 9.47 Å². The number of nitrogens with zero attached hydrogens (tertiary/aromatic N) is 1. The van der Waals surface area contributed by atoms with Crippen molar-refractivity contribution in [1.82, 2.24) is 9.97 Å². The predicted octanol–water partition coefficient (Wildman–Crippen LogP) is 2.88. The number of nitrogens with one attached hydrogen (secondary N) is 1. The van der Waals surface area contributed by atoms with Gasteiger partial charge in [-0.1, -0.05) is 0 Å². The molecule has 0 aliphatic rings. The van der Waals surface area contributed by atoms with Gasteiger partial charge in [-0.3, -0.25) is 0 Å². The summed E-state index contributed by atoms with van der Waals surface area (Å²) in [6.07, 6.45) is 0. The van der Waals surface area contributed by atoms with Crippen LogP contribution in [-0.4, -0.2) is 24.2 Å². The largest absolute Gasteiger partial charge is 0.493 e. The van der Waals surface area contributed by atoms with E-state index in [1.54, 1.807) is 14.2 Å². The van der Waals surface area contributed by atoms with Gasteiger partial charge in [0.05, 0.1) is 30.6 Å². The molecule has 1 atom stereocenters. The average molecular weight is 241 g/mol. The summed E-state index contributed by atoms with van der Waals surface area (Å²) in [5, 5.41) is -0.149. The molecule has 0 aliphatic heterocycles. The lowest BCUT2D eigenvalue weighted by Gasteiger charge is -2.06. The molecule has 0 bridgehead atoms. The quantitative estimate of drug-likeness (QED) is 0.840. The first kappa shape index (κ1) is 11.1. The van der Waals surface area contributed by atoms with E-state index < -0.39 is 0 Å². The van der Waals surface area contributed by atoms with E-state index in [0.717, 1.165) is 16.9 Å². The molecule has 0 saturated carbocycles. The van der Waals surface area contributed by atoms with Crippen LogP contribution in [0.15, 0.2) is 12.1 Å². The highest BCUT2D eigenvalue weighted by atomic mass is 35.5. The van der Waals surface area contributed by atoms with E-state index in [0.29, 0.717) is 11.5 Å². The molecule has 0 radical (unpaired) electrons. The summed E-state index contributed by atoms with van der Waals surface area (Å²) >= 11 is 5.97. The van der Waals surface area contributed by atoms with Crippen molar-refractivity contribution in [3.63, 3.8) is 0 Å². The SMILES string of the molecule is COc1cc2nc(C(C)Cl)[nH]c2cc1OC. The minimum Gasteiger partial charge on any atom is -0.493 e. The summed E-state index contributed by atoms with van der Waals surface area (Å²) in [5.74, 6) is 2.08. The first-order valence-electron chi connectivity index (χ1n) is 4.91. The van der Waals surface area contributed by atoms with Gasteiger partial charge < -0.3 is 14.5 Å². The van der Waals surface area contributed by atoms with Crippen LogP contribution >= 0.6 is 11.6 Å². The van der Waals surface area contributed by atoms with Crippen LogP contribution in [0.5, 0.6) is 11.5 Å². The first-order valence-corrected chi connectivity index (χ1v) is 5.35. The molecule has 0 aliphatic carbocycles. The summed E-state index contributed by atoms with van der Waals surface area (Å²) in [6.45, 7) is 1.87. The summed E-state index contributed by atoms with van der Waals surface area (Å²) in [4.78, 5) is 7.52. The van der Waals surface area contributed by atoms with Crippen molar-refractivity contribution in [2.75, 3.05) is 14.2 Å². The molecule has 0 fully saturated rings. The topological polar surface area (TPSA) is 47.1 Å². The molecule has 2 rings (SSSR count). The third kappa shape index (κ3) is 1.80. The van der Waals surface area contributed by atoms with Crippen molar-refractivity contribution in [2.45, 2.75) is 12.3 Å². The van der Waals surface area contributed by atoms with Crippen molar-refractivity contribution >= 4 is 22.6 Å². The van der Waals surface area contributed by atoms with Crippen molar-refractivity contribution in [3.8, 4) is 11.5 Å². The summed E-state index contributed by atoms with van der Waals surface area (Å²) < 4.78 is 10.4. The van der Waals surface area contributed by atoms with Crippen LogP contribution in [0.1, 0.15) is 18.1 Å². The zero-order chi connectivity index (χ0) is 11.7. The van der Waals surface area contributed by atoms with E-state index in [1.165, 1.54) is 0 Å². The smallest absolute Gasteiger partial charge is 0.163 e. The second kappa shape index (κ2) is 4.22. The Hall–Kier alpha value is -1.42. The lowest BCUT2D eigenvalue weighted by molar-refractivity contribution is 0.356. The molecular formula is C11H13ClN2O2. The first-order chi connectivity index (χ1) is 7.65. The molecule has 0 amide bonds. The summed E-state index contributed by atoms with van der Waals surface area (Å²) in [7, 11) is 3.20. The molecule has 1 heterocycles. The van der Waals surface area contributed by atoms with Crippen LogP contribution in [0.3, 0.4) is 0 Å². The average Bonchev–Trinajstić information content (AvgIpc) is 2.69. The Bertz CT molecular complexity index is 467. The number of H-pyrrole nitrogens is 1. The highest BCUT2D eigenvalue weighted by molar-refractivity contribution is 6.20. The molecule has 16 heavy (non-hydrogen) atoms. The van der Waals surface area contributed by atoms with Gasteiger partial charge in [0.2, 0.25) is 0 Å². The number of imidazole rings is 1. The Morgan fingerprint density at radius 1 is 1.25 bits per heavy atom. The molecule has 1 aromatic carbocycles. The molecule has 2 aromatic rings. The molecule has 0 saturated heterocycles. The maximum absolute atomic E-state index is 5.97. The third-order valence-electron chi connectivity index (χ3n) is 2.38. The number of aromatic nitrogens is 2. The van der Waals surface area contributed by atoms with E-state index in [1.807, 2.05) is 19.1 Å². The molecule has 1 aromatic heterocycles. The molecule has 5 heteroatoms. The van der Waals surface area contributed by atoms with Gasteiger partial charge in [-0.05, 0) is 6.92 Å².